The highest BCUT2D eigenvalue weighted by atomic mass is 16.5. The Morgan fingerprint density at radius 2 is 2.17 bits per heavy atom. The van der Waals surface area contributed by atoms with Gasteiger partial charge in [0.15, 0.2) is 5.82 Å². The number of nitrogens with zero attached hydrogens (tertiary/aromatic N) is 2. The van der Waals surface area contributed by atoms with Crippen molar-refractivity contribution in [2.75, 3.05) is 25.5 Å². The Labute approximate surface area is 142 Å². The molecule has 0 radical (unpaired) electrons. The summed E-state index contributed by atoms with van der Waals surface area (Å²) in [5.74, 6) is 1.86. The number of ether oxygens (including phenoxy) is 1. The van der Waals surface area contributed by atoms with E-state index >= 15 is 0 Å². The fraction of sp³-hybridized carbons (Fsp3) is 0.444. The molecule has 0 spiro atoms. The van der Waals surface area contributed by atoms with Gasteiger partial charge in [0, 0.05) is 12.6 Å². The average molecular weight is 331 g/mol. The van der Waals surface area contributed by atoms with Crippen molar-refractivity contribution in [2.24, 2.45) is 0 Å². The van der Waals surface area contributed by atoms with Gasteiger partial charge in [-0.1, -0.05) is 24.2 Å². The van der Waals surface area contributed by atoms with E-state index in [1.54, 1.807) is 13.0 Å². The molecule has 1 unspecified atom stereocenters. The first-order valence-corrected chi connectivity index (χ1v) is 8.13. The summed E-state index contributed by atoms with van der Waals surface area (Å²) < 4.78 is 10.7. The maximum Gasteiger partial charge on any atom is 0.242 e. The number of rotatable bonds is 8. The minimum atomic E-state index is -0.247. The van der Waals surface area contributed by atoms with E-state index in [0.717, 1.165) is 11.3 Å². The molecular formula is C18H25N3O3. The topological polar surface area (TPSA) is 67.6 Å². The minimum Gasteiger partial charge on any atom is -0.492 e. The van der Waals surface area contributed by atoms with Crippen molar-refractivity contribution in [2.45, 2.75) is 33.2 Å². The van der Waals surface area contributed by atoms with Crippen LogP contribution >= 0.6 is 0 Å². The molecule has 0 saturated heterocycles. The van der Waals surface area contributed by atoms with E-state index in [9.17, 15) is 4.79 Å². The molecule has 2 rings (SSSR count). The van der Waals surface area contributed by atoms with Crippen LogP contribution in [0.15, 0.2) is 34.9 Å². The van der Waals surface area contributed by atoms with Gasteiger partial charge in [0.25, 0.3) is 0 Å². The van der Waals surface area contributed by atoms with Crippen LogP contribution in [0.25, 0.3) is 0 Å². The average Bonchev–Trinajstić information content (AvgIpc) is 2.93. The van der Waals surface area contributed by atoms with E-state index < -0.39 is 0 Å². The van der Waals surface area contributed by atoms with Crippen molar-refractivity contribution in [1.29, 1.82) is 0 Å². The zero-order chi connectivity index (χ0) is 17.5. The summed E-state index contributed by atoms with van der Waals surface area (Å²) in [6.07, 6.45) is 0.698. The number of hydrogen-bond acceptors (Lipinski definition) is 5. The summed E-state index contributed by atoms with van der Waals surface area (Å²) in [6, 6.07) is 9.38. The quantitative estimate of drug-likeness (QED) is 0.805. The molecule has 0 aliphatic heterocycles. The van der Waals surface area contributed by atoms with Crippen LogP contribution < -0.4 is 10.1 Å². The minimum absolute atomic E-state index is 0.0937. The molecule has 0 aliphatic rings. The summed E-state index contributed by atoms with van der Waals surface area (Å²) >= 11 is 0. The summed E-state index contributed by atoms with van der Waals surface area (Å²) in [5.41, 5.74) is 1.16. The van der Waals surface area contributed by atoms with Gasteiger partial charge >= 0.3 is 0 Å². The first kappa shape index (κ1) is 18.0. The number of nitrogens with one attached hydrogen (secondary N) is 1. The molecule has 1 N–H and O–H groups in total. The SMILES string of the molecule is CCC(C(=O)Nc1cc(C)on1)N(C)CCOc1cccc(C)c1. The number of carbonyl (C=O) groups excluding carboxylic acids is 1. The lowest BCUT2D eigenvalue weighted by atomic mass is 10.2. The molecule has 2 aromatic rings. The third-order valence-electron chi connectivity index (χ3n) is 3.80. The van der Waals surface area contributed by atoms with Crippen molar-refractivity contribution in [3.8, 4) is 5.75 Å². The van der Waals surface area contributed by atoms with Gasteiger partial charge in [-0.3, -0.25) is 9.69 Å². The monoisotopic (exact) mass is 331 g/mol. The predicted octanol–water partition coefficient (Wildman–Crippen LogP) is 3.02. The Bertz CT molecular complexity index is 669. The Balaban J connectivity index is 1.84. The smallest absolute Gasteiger partial charge is 0.242 e. The molecule has 6 heteroatoms. The number of amides is 1. The molecule has 24 heavy (non-hydrogen) atoms. The highest BCUT2D eigenvalue weighted by Gasteiger charge is 2.22. The lowest BCUT2D eigenvalue weighted by Crippen LogP contribution is -2.43. The largest absolute Gasteiger partial charge is 0.492 e. The normalized spacial score (nSPS) is 12.2. The van der Waals surface area contributed by atoms with Crippen LogP contribution in [-0.2, 0) is 4.79 Å². The van der Waals surface area contributed by atoms with E-state index in [1.165, 1.54) is 0 Å². The summed E-state index contributed by atoms with van der Waals surface area (Å²) in [4.78, 5) is 14.4. The zero-order valence-electron chi connectivity index (χ0n) is 14.7. The molecule has 0 aliphatic carbocycles. The second-order valence-electron chi connectivity index (χ2n) is 5.88. The fourth-order valence-electron chi connectivity index (χ4n) is 2.50. The lowest BCUT2D eigenvalue weighted by Gasteiger charge is -2.25. The number of anilines is 1. The van der Waals surface area contributed by atoms with Gasteiger partial charge < -0.3 is 14.6 Å². The van der Waals surface area contributed by atoms with Crippen LogP contribution in [0.4, 0.5) is 5.82 Å². The van der Waals surface area contributed by atoms with Crippen LogP contribution in [-0.4, -0.2) is 42.2 Å². The molecule has 0 fully saturated rings. The van der Waals surface area contributed by atoms with E-state index in [4.69, 9.17) is 9.26 Å². The van der Waals surface area contributed by atoms with Crippen LogP contribution in [0.5, 0.6) is 5.75 Å². The van der Waals surface area contributed by atoms with Gasteiger partial charge in [-0.05, 0) is 45.0 Å². The van der Waals surface area contributed by atoms with Crippen molar-refractivity contribution in [3.05, 3.63) is 41.7 Å². The molecule has 1 amide bonds. The maximum absolute atomic E-state index is 12.4. The zero-order valence-corrected chi connectivity index (χ0v) is 14.7. The fourth-order valence-corrected chi connectivity index (χ4v) is 2.50. The summed E-state index contributed by atoms with van der Waals surface area (Å²) in [6.45, 7) is 6.97. The molecule has 0 saturated carbocycles. The molecule has 1 aromatic carbocycles. The first-order valence-electron chi connectivity index (χ1n) is 8.13. The van der Waals surface area contributed by atoms with Gasteiger partial charge in [-0.2, -0.15) is 0 Å². The number of likely N-dealkylation sites (N-methyl/N-ethyl adjacent to an activating group) is 1. The summed E-state index contributed by atoms with van der Waals surface area (Å²) in [7, 11) is 1.92. The Hall–Kier alpha value is -2.34. The number of benzene rings is 1. The third-order valence-corrected chi connectivity index (χ3v) is 3.80. The first-order chi connectivity index (χ1) is 11.5. The van der Waals surface area contributed by atoms with Crippen LogP contribution in [0.1, 0.15) is 24.7 Å². The Morgan fingerprint density at radius 1 is 1.38 bits per heavy atom. The number of carbonyl (C=O) groups is 1. The van der Waals surface area contributed by atoms with Gasteiger partial charge in [0.2, 0.25) is 5.91 Å². The van der Waals surface area contributed by atoms with E-state index in [0.29, 0.717) is 31.2 Å². The van der Waals surface area contributed by atoms with Crippen molar-refractivity contribution in [1.82, 2.24) is 10.1 Å². The highest BCUT2D eigenvalue weighted by Crippen LogP contribution is 2.13. The highest BCUT2D eigenvalue weighted by molar-refractivity contribution is 5.93. The standard InChI is InChI=1S/C18H25N3O3/c1-5-16(18(22)19-17-12-14(3)24-20-17)21(4)9-10-23-15-8-6-7-13(2)11-15/h6-8,11-12,16H,5,9-10H2,1-4H3,(H,19,20,22). The van der Waals surface area contributed by atoms with Gasteiger partial charge in [-0.15, -0.1) is 0 Å². The van der Waals surface area contributed by atoms with E-state index in [1.807, 2.05) is 50.1 Å². The predicted molar refractivity (Wildman–Crippen MR) is 93.3 cm³/mol. The molecule has 1 atom stereocenters. The Kier molecular flexibility index (Phi) is 6.37. The van der Waals surface area contributed by atoms with Crippen molar-refractivity contribution in [3.63, 3.8) is 0 Å². The molecule has 0 bridgehead atoms. The van der Waals surface area contributed by atoms with Crippen molar-refractivity contribution < 1.29 is 14.1 Å². The molecule has 1 aromatic heterocycles. The van der Waals surface area contributed by atoms with Crippen molar-refractivity contribution >= 4 is 11.7 Å². The maximum atomic E-state index is 12.4. The Morgan fingerprint density at radius 3 is 2.79 bits per heavy atom. The van der Waals surface area contributed by atoms with Crippen LogP contribution in [0, 0.1) is 13.8 Å². The van der Waals surface area contributed by atoms with E-state index in [-0.39, 0.29) is 11.9 Å². The molecule has 6 nitrogen and oxygen atoms in total. The van der Waals surface area contributed by atoms with Crippen LogP contribution in [0.2, 0.25) is 0 Å². The number of hydrogen-bond donors (Lipinski definition) is 1. The second kappa shape index (κ2) is 8.49. The second-order valence-corrected chi connectivity index (χ2v) is 5.88. The summed E-state index contributed by atoms with van der Waals surface area (Å²) in [5, 5.41) is 6.58. The lowest BCUT2D eigenvalue weighted by molar-refractivity contribution is -0.121. The molecule has 130 valence electrons. The van der Waals surface area contributed by atoms with Crippen LogP contribution in [0.3, 0.4) is 0 Å². The number of aryl methyl sites for hydroxylation is 2. The molecule has 1 heterocycles. The van der Waals surface area contributed by atoms with Gasteiger partial charge in [-0.25, -0.2) is 0 Å². The number of aromatic nitrogens is 1. The van der Waals surface area contributed by atoms with Gasteiger partial charge in [0.05, 0.1) is 6.04 Å². The van der Waals surface area contributed by atoms with Gasteiger partial charge in [0.1, 0.15) is 18.1 Å². The molecular weight excluding hydrogens is 306 g/mol. The van der Waals surface area contributed by atoms with E-state index in [2.05, 4.69) is 10.5 Å². The third kappa shape index (κ3) is 5.09.